The second-order valence-corrected chi connectivity index (χ2v) is 12.9. The SMILES string of the molecule is CC1(C)OC2OC(CO[Si](C)(C)C(C)(C)C)C(C(F)F)C2O1. The van der Waals surface area contributed by atoms with Crippen molar-refractivity contribution in [2.75, 3.05) is 6.61 Å². The normalized spacial score (nSPS) is 35.2. The van der Waals surface area contributed by atoms with Crippen LogP contribution in [0.4, 0.5) is 8.78 Å². The molecule has 0 radical (unpaired) electrons. The van der Waals surface area contributed by atoms with Crippen LogP contribution in [0.15, 0.2) is 0 Å². The van der Waals surface area contributed by atoms with Crippen molar-refractivity contribution < 1.29 is 27.4 Å². The number of rotatable bonds is 4. The van der Waals surface area contributed by atoms with E-state index in [1.165, 1.54) is 0 Å². The lowest BCUT2D eigenvalue weighted by Crippen LogP contribution is -2.45. The standard InChI is InChI=1S/C15H28F2O4Si/c1-14(2,3)22(6,7)18-8-9-10(12(16)17)11-13(19-9)21-15(4,5)20-11/h9-13H,8H2,1-7H3. The van der Waals surface area contributed by atoms with Crippen molar-refractivity contribution >= 4 is 8.32 Å². The molecule has 0 aromatic rings. The molecule has 0 aromatic carbocycles. The Bertz CT molecular complexity index is 409. The Kier molecular flexibility index (Phi) is 4.79. The van der Waals surface area contributed by atoms with Gasteiger partial charge in [0.2, 0.25) is 6.43 Å². The van der Waals surface area contributed by atoms with E-state index in [4.69, 9.17) is 18.6 Å². The van der Waals surface area contributed by atoms with Crippen LogP contribution < -0.4 is 0 Å². The smallest absolute Gasteiger partial charge is 0.246 e. The van der Waals surface area contributed by atoms with Crippen molar-refractivity contribution in [3.8, 4) is 0 Å². The third-order valence-corrected chi connectivity index (χ3v) is 9.41. The average Bonchev–Trinajstić information content (AvgIpc) is 2.75. The molecule has 2 saturated heterocycles. The zero-order chi connectivity index (χ0) is 16.9. The summed E-state index contributed by atoms with van der Waals surface area (Å²) >= 11 is 0. The molecule has 0 saturated carbocycles. The fourth-order valence-electron chi connectivity index (χ4n) is 2.56. The first kappa shape index (κ1) is 18.3. The Labute approximate surface area is 132 Å². The van der Waals surface area contributed by atoms with Crippen molar-refractivity contribution in [3.63, 3.8) is 0 Å². The van der Waals surface area contributed by atoms with Crippen LogP contribution in [-0.4, -0.2) is 45.6 Å². The van der Waals surface area contributed by atoms with E-state index < -0.39 is 44.9 Å². The van der Waals surface area contributed by atoms with E-state index in [0.29, 0.717) is 0 Å². The Morgan fingerprint density at radius 1 is 1.18 bits per heavy atom. The van der Waals surface area contributed by atoms with Gasteiger partial charge in [0.15, 0.2) is 20.4 Å². The molecule has 2 rings (SSSR count). The minimum absolute atomic E-state index is 0.0246. The lowest BCUT2D eigenvalue weighted by Gasteiger charge is -2.37. The molecule has 22 heavy (non-hydrogen) atoms. The van der Waals surface area contributed by atoms with Gasteiger partial charge in [-0.2, -0.15) is 0 Å². The second-order valence-electron chi connectivity index (χ2n) is 8.13. The number of halogens is 2. The van der Waals surface area contributed by atoms with E-state index in [2.05, 4.69) is 33.9 Å². The highest BCUT2D eigenvalue weighted by Gasteiger charge is 2.58. The first-order chi connectivity index (χ1) is 9.84. The third kappa shape index (κ3) is 3.53. The maximum absolute atomic E-state index is 13.5. The Hall–Kier alpha value is -0.0831. The summed E-state index contributed by atoms with van der Waals surface area (Å²) in [6.07, 6.45) is -4.69. The Morgan fingerprint density at radius 2 is 1.77 bits per heavy atom. The number of fused-ring (bicyclic) bond motifs is 1. The van der Waals surface area contributed by atoms with E-state index in [9.17, 15) is 8.78 Å². The molecule has 2 fully saturated rings. The average molecular weight is 338 g/mol. The molecule has 0 amide bonds. The summed E-state index contributed by atoms with van der Waals surface area (Å²) < 4.78 is 49.8. The highest BCUT2D eigenvalue weighted by atomic mass is 28.4. The molecule has 0 bridgehead atoms. The van der Waals surface area contributed by atoms with E-state index >= 15 is 0 Å². The van der Waals surface area contributed by atoms with Gasteiger partial charge in [0, 0.05) is 0 Å². The predicted molar refractivity (Wildman–Crippen MR) is 81.3 cm³/mol. The molecule has 4 unspecified atom stereocenters. The summed E-state index contributed by atoms with van der Waals surface area (Å²) in [4.78, 5) is 0. The van der Waals surface area contributed by atoms with Crippen molar-refractivity contribution in [3.05, 3.63) is 0 Å². The van der Waals surface area contributed by atoms with Gasteiger partial charge in [0.1, 0.15) is 6.10 Å². The molecule has 0 N–H and O–H groups in total. The van der Waals surface area contributed by atoms with Gasteiger partial charge in [0.05, 0.1) is 18.6 Å². The maximum Gasteiger partial charge on any atom is 0.246 e. The first-order valence-electron chi connectivity index (χ1n) is 7.77. The van der Waals surface area contributed by atoms with Gasteiger partial charge in [-0.25, -0.2) is 8.78 Å². The molecule has 2 aliphatic heterocycles. The zero-order valence-corrected chi connectivity index (χ0v) is 15.5. The van der Waals surface area contributed by atoms with Crippen LogP contribution in [0.25, 0.3) is 0 Å². The van der Waals surface area contributed by atoms with E-state index in [0.717, 1.165) is 0 Å². The number of ether oxygens (including phenoxy) is 3. The number of alkyl halides is 2. The first-order valence-corrected chi connectivity index (χ1v) is 10.7. The molecular formula is C15H28F2O4Si. The molecule has 2 heterocycles. The van der Waals surface area contributed by atoms with Gasteiger partial charge < -0.3 is 18.6 Å². The summed E-state index contributed by atoms with van der Waals surface area (Å²) in [5.74, 6) is -1.90. The summed E-state index contributed by atoms with van der Waals surface area (Å²) in [6, 6.07) is 0. The molecule has 0 aromatic heterocycles. The van der Waals surface area contributed by atoms with Crippen LogP contribution in [0.5, 0.6) is 0 Å². The van der Waals surface area contributed by atoms with Crippen molar-refractivity contribution in [2.24, 2.45) is 5.92 Å². The van der Waals surface area contributed by atoms with E-state index in [-0.39, 0.29) is 11.6 Å². The van der Waals surface area contributed by atoms with Crippen LogP contribution >= 0.6 is 0 Å². The van der Waals surface area contributed by atoms with Crippen molar-refractivity contribution in [1.82, 2.24) is 0 Å². The van der Waals surface area contributed by atoms with Crippen LogP contribution in [0.2, 0.25) is 18.1 Å². The van der Waals surface area contributed by atoms with Gasteiger partial charge in [0.25, 0.3) is 0 Å². The van der Waals surface area contributed by atoms with Crippen LogP contribution in [0, 0.1) is 5.92 Å². The predicted octanol–water partition coefficient (Wildman–Crippen LogP) is 3.77. The summed E-state index contributed by atoms with van der Waals surface area (Å²) in [7, 11) is -2.01. The Balaban J connectivity index is 2.04. The second kappa shape index (κ2) is 5.77. The molecular weight excluding hydrogens is 310 g/mol. The fraction of sp³-hybridized carbons (Fsp3) is 1.00. The summed E-state index contributed by atoms with van der Waals surface area (Å²) in [6.45, 7) is 14.1. The van der Waals surface area contributed by atoms with Crippen molar-refractivity contribution in [2.45, 2.75) is 83.5 Å². The summed E-state index contributed by atoms with van der Waals surface area (Å²) in [5, 5.41) is 0.0246. The van der Waals surface area contributed by atoms with Gasteiger partial charge in [-0.05, 0) is 32.0 Å². The zero-order valence-electron chi connectivity index (χ0n) is 14.5. The minimum Gasteiger partial charge on any atom is -0.414 e. The lowest BCUT2D eigenvalue weighted by atomic mass is 9.99. The quantitative estimate of drug-likeness (QED) is 0.731. The Morgan fingerprint density at radius 3 is 2.27 bits per heavy atom. The van der Waals surface area contributed by atoms with Crippen LogP contribution in [0.1, 0.15) is 34.6 Å². The monoisotopic (exact) mass is 338 g/mol. The molecule has 4 nitrogen and oxygen atoms in total. The summed E-state index contributed by atoms with van der Waals surface area (Å²) in [5.41, 5.74) is 0. The highest BCUT2D eigenvalue weighted by molar-refractivity contribution is 6.74. The van der Waals surface area contributed by atoms with Gasteiger partial charge in [-0.1, -0.05) is 20.8 Å². The number of hydrogen-bond donors (Lipinski definition) is 0. The van der Waals surface area contributed by atoms with Crippen LogP contribution in [-0.2, 0) is 18.6 Å². The van der Waals surface area contributed by atoms with E-state index in [1.54, 1.807) is 13.8 Å². The minimum atomic E-state index is -2.53. The van der Waals surface area contributed by atoms with Crippen LogP contribution in [0.3, 0.4) is 0 Å². The topological polar surface area (TPSA) is 36.9 Å². The molecule has 4 atom stereocenters. The van der Waals surface area contributed by atoms with Gasteiger partial charge >= 0.3 is 0 Å². The lowest BCUT2D eigenvalue weighted by molar-refractivity contribution is -0.218. The fourth-order valence-corrected chi connectivity index (χ4v) is 3.57. The van der Waals surface area contributed by atoms with Gasteiger partial charge in [-0.15, -0.1) is 0 Å². The number of hydrogen-bond acceptors (Lipinski definition) is 4. The third-order valence-electron chi connectivity index (χ3n) is 4.91. The molecule has 7 heteroatoms. The van der Waals surface area contributed by atoms with Gasteiger partial charge in [-0.3, -0.25) is 0 Å². The van der Waals surface area contributed by atoms with Crippen molar-refractivity contribution in [1.29, 1.82) is 0 Å². The highest BCUT2D eigenvalue weighted by Crippen LogP contribution is 2.44. The van der Waals surface area contributed by atoms with E-state index in [1.807, 2.05) is 0 Å². The molecule has 0 aliphatic carbocycles. The molecule has 0 spiro atoms. The largest absolute Gasteiger partial charge is 0.414 e. The maximum atomic E-state index is 13.5. The molecule has 2 aliphatic rings. The molecule has 130 valence electrons.